The molecule has 0 aromatic carbocycles. The quantitative estimate of drug-likeness (QED) is 0.790. The van der Waals surface area contributed by atoms with Crippen LogP contribution in [0.4, 0.5) is 0 Å². The Hall–Kier alpha value is -2.03. The van der Waals surface area contributed by atoms with Crippen molar-refractivity contribution in [1.29, 1.82) is 0 Å². The average molecular weight is 371 g/mol. The summed E-state index contributed by atoms with van der Waals surface area (Å²) in [7, 11) is 0. The van der Waals surface area contributed by atoms with E-state index < -0.39 is 5.60 Å². The number of amides is 1. The smallest absolute Gasteiger partial charge is 0.259 e. The van der Waals surface area contributed by atoms with E-state index in [1.807, 2.05) is 4.90 Å². The van der Waals surface area contributed by atoms with E-state index in [1.54, 1.807) is 29.2 Å². The maximum atomic E-state index is 13.2. The molecule has 2 aromatic heterocycles. The van der Waals surface area contributed by atoms with E-state index in [9.17, 15) is 4.79 Å². The zero-order valence-electron chi connectivity index (χ0n) is 15.4. The van der Waals surface area contributed by atoms with E-state index >= 15 is 0 Å². The normalized spacial score (nSPS) is 27.2. The molecule has 0 N–H and O–H groups in total. The Labute approximate surface area is 158 Å². The van der Waals surface area contributed by atoms with Crippen LogP contribution in [0.25, 0.3) is 5.65 Å². The van der Waals surface area contributed by atoms with Gasteiger partial charge in [0.25, 0.3) is 5.91 Å². The third kappa shape index (κ3) is 3.44. The highest BCUT2D eigenvalue weighted by Crippen LogP contribution is 2.31. The molecule has 2 aromatic rings. The molecule has 27 heavy (non-hydrogen) atoms. The summed E-state index contributed by atoms with van der Waals surface area (Å²) < 4.78 is 13.7. The maximum Gasteiger partial charge on any atom is 0.259 e. The Balaban J connectivity index is 1.35. The molecule has 1 aliphatic carbocycles. The molecule has 1 spiro atoms. The minimum absolute atomic E-state index is 0.0376. The predicted molar refractivity (Wildman–Crippen MR) is 97.6 cm³/mol. The van der Waals surface area contributed by atoms with Crippen molar-refractivity contribution in [2.75, 3.05) is 52.5 Å². The van der Waals surface area contributed by atoms with Crippen LogP contribution in [0, 0.1) is 5.92 Å². The molecule has 8 nitrogen and oxygen atoms in total. The van der Waals surface area contributed by atoms with Crippen LogP contribution < -0.4 is 0 Å². The SMILES string of the molecule is O=C(c1cnn2cccnc12)N1CCO[C@]2(COCCN(CC3CC3)C2)C1. The Bertz CT molecular complexity index is 836. The minimum Gasteiger partial charge on any atom is -0.377 e. The third-order valence-corrected chi connectivity index (χ3v) is 5.69. The lowest BCUT2D eigenvalue weighted by Crippen LogP contribution is -2.60. The van der Waals surface area contributed by atoms with Gasteiger partial charge >= 0.3 is 0 Å². The van der Waals surface area contributed by atoms with E-state index in [-0.39, 0.29) is 5.91 Å². The Morgan fingerprint density at radius 1 is 1.26 bits per heavy atom. The number of rotatable bonds is 3. The second-order valence-electron chi connectivity index (χ2n) is 7.94. The van der Waals surface area contributed by atoms with Crippen molar-refractivity contribution in [3.05, 3.63) is 30.2 Å². The van der Waals surface area contributed by atoms with Crippen molar-refractivity contribution in [3.8, 4) is 0 Å². The molecule has 0 unspecified atom stereocenters. The second-order valence-corrected chi connectivity index (χ2v) is 7.94. The lowest BCUT2D eigenvalue weighted by atomic mass is 10.0. The zero-order chi connectivity index (χ0) is 18.3. The third-order valence-electron chi connectivity index (χ3n) is 5.69. The van der Waals surface area contributed by atoms with Gasteiger partial charge in [0.2, 0.25) is 0 Å². The highest BCUT2D eigenvalue weighted by molar-refractivity contribution is 5.99. The molecule has 3 fully saturated rings. The molecule has 3 aliphatic rings. The van der Waals surface area contributed by atoms with Gasteiger partial charge in [-0.25, -0.2) is 9.50 Å². The molecule has 0 bridgehead atoms. The molecule has 1 atom stereocenters. The predicted octanol–water partition coefficient (Wildman–Crippen LogP) is 0.683. The van der Waals surface area contributed by atoms with E-state index in [2.05, 4.69) is 15.0 Å². The highest BCUT2D eigenvalue weighted by atomic mass is 16.5. The Morgan fingerprint density at radius 2 is 2.19 bits per heavy atom. The van der Waals surface area contributed by atoms with Gasteiger partial charge in [0.1, 0.15) is 11.2 Å². The van der Waals surface area contributed by atoms with Gasteiger partial charge in [0.15, 0.2) is 5.65 Å². The van der Waals surface area contributed by atoms with Crippen molar-refractivity contribution >= 4 is 11.6 Å². The fourth-order valence-electron chi connectivity index (χ4n) is 4.16. The van der Waals surface area contributed by atoms with Gasteiger partial charge in [0.05, 0.1) is 32.6 Å². The summed E-state index contributed by atoms with van der Waals surface area (Å²) in [6.45, 7) is 5.77. The number of ether oxygens (including phenoxy) is 2. The lowest BCUT2D eigenvalue weighted by Gasteiger charge is -2.43. The summed E-state index contributed by atoms with van der Waals surface area (Å²) in [6.07, 6.45) is 7.75. The van der Waals surface area contributed by atoms with Crippen LogP contribution in [0.1, 0.15) is 23.2 Å². The molecule has 144 valence electrons. The van der Waals surface area contributed by atoms with Gasteiger partial charge in [-0.15, -0.1) is 0 Å². The number of morpholine rings is 1. The maximum absolute atomic E-state index is 13.2. The van der Waals surface area contributed by atoms with Gasteiger partial charge in [-0.05, 0) is 24.8 Å². The van der Waals surface area contributed by atoms with Gasteiger partial charge in [-0.1, -0.05) is 0 Å². The topological polar surface area (TPSA) is 72.2 Å². The monoisotopic (exact) mass is 371 g/mol. The number of carbonyl (C=O) groups is 1. The fourth-order valence-corrected chi connectivity index (χ4v) is 4.16. The van der Waals surface area contributed by atoms with Crippen LogP contribution in [0.3, 0.4) is 0 Å². The zero-order valence-corrected chi connectivity index (χ0v) is 15.4. The first-order valence-corrected chi connectivity index (χ1v) is 9.74. The standard InChI is InChI=1S/C19H25N5O3/c25-18(16-10-21-24-5-1-4-20-17(16)24)23-7-9-27-19(13-23)12-22(6-8-26-14-19)11-15-2-3-15/h1,4-5,10,15H,2-3,6-9,11-14H2/t19-/m0/s1. The van der Waals surface area contributed by atoms with Gasteiger partial charge in [-0.2, -0.15) is 5.10 Å². The molecular weight excluding hydrogens is 346 g/mol. The van der Waals surface area contributed by atoms with E-state index in [1.165, 1.54) is 12.8 Å². The first-order valence-electron chi connectivity index (χ1n) is 9.74. The molecule has 4 heterocycles. The van der Waals surface area contributed by atoms with Crippen molar-refractivity contribution in [1.82, 2.24) is 24.4 Å². The summed E-state index contributed by atoms with van der Waals surface area (Å²) >= 11 is 0. The number of aromatic nitrogens is 3. The molecule has 0 radical (unpaired) electrons. The van der Waals surface area contributed by atoms with Crippen LogP contribution in [0.5, 0.6) is 0 Å². The van der Waals surface area contributed by atoms with Gasteiger partial charge < -0.3 is 14.4 Å². The van der Waals surface area contributed by atoms with E-state index in [0.717, 1.165) is 32.2 Å². The molecule has 1 saturated carbocycles. The molecule has 2 saturated heterocycles. The summed E-state index contributed by atoms with van der Waals surface area (Å²) in [6, 6.07) is 1.80. The Morgan fingerprint density at radius 3 is 3.07 bits per heavy atom. The van der Waals surface area contributed by atoms with Crippen LogP contribution in [0.2, 0.25) is 0 Å². The summed E-state index contributed by atoms with van der Waals surface area (Å²) in [5.41, 5.74) is 0.683. The second kappa shape index (κ2) is 6.85. The van der Waals surface area contributed by atoms with E-state index in [0.29, 0.717) is 37.5 Å². The number of hydrogen-bond acceptors (Lipinski definition) is 6. The van der Waals surface area contributed by atoms with E-state index in [4.69, 9.17) is 9.47 Å². The van der Waals surface area contributed by atoms with Crippen LogP contribution in [0.15, 0.2) is 24.7 Å². The first-order chi connectivity index (χ1) is 13.2. The molecule has 2 aliphatic heterocycles. The fraction of sp³-hybridized carbons (Fsp3) is 0.632. The molecule has 1 amide bonds. The van der Waals surface area contributed by atoms with Crippen LogP contribution in [-0.4, -0.2) is 88.5 Å². The average Bonchev–Trinajstić information content (AvgIpc) is 3.43. The molecule has 5 rings (SSSR count). The number of fused-ring (bicyclic) bond motifs is 1. The highest BCUT2D eigenvalue weighted by Gasteiger charge is 2.42. The van der Waals surface area contributed by atoms with Crippen molar-refractivity contribution in [3.63, 3.8) is 0 Å². The van der Waals surface area contributed by atoms with Crippen molar-refractivity contribution in [2.24, 2.45) is 5.92 Å². The molecular formula is C19H25N5O3. The number of carbonyl (C=O) groups excluding carboxylic acids is 1. The van der Waals surface area contributed by atoms with Crippen LogP contribution in [-0.2, 0) is 9.47 Å². The number of nitrogens with zero attached hydrogens (tertiary/aromatic N) is 5. The Kier molecular flexibility index (Phi) is 4.34. The van der Waals surface area contributed by atoms with Gasteiger partial charge in [-0.3, -0.25) is 9.69 Å². The number of hydrogen-bond donors (Lipinski definition) is 0. The lowest BCUT2D eigenvalue weighted by molar-refractivity contribution is -0.133. The largest absolute Gasteiger partial charge is 0.377 e. The van der Waals surface area contributed by atoms with Crippen molar-refractivity contribution in [2.45, 2.75) is 18.4 Å². The van der Waals surface area contributed by atoms with Crippen LogP contribution >= 0.6 is 0 Å². The van der Waals surface area contributed by atoms with Crippen molar-refractivity contribution < 1.29 is 14.3 Å². The summed E-state index contributed by atoms with van der Waals surface area (Å²) in [4.78, 5) is 21.8. The molecule has 8 heteroatoms. The van der Waals surface area contributed by atoms with Gasteiger partial charge in [0, 0.05) is 38.6 Å². The summed E-state index contributed by atoms with van der Waals surface area (Å²) in [5, 5.41) is 4.25. The summed E-state index contributed by atoms with van der Waals surface area (Å²) in [5.74, 6) is 0.788. The first kappa shape index (κ1) is 17.1. The minimum atomic E-state index is -0.449.